The highest BCUT2D eigenvalue weighted by Gasteiger charge is 2.34. The van der Waals surface area contributed by atoms with E-state index in [2.05, 4.69) is 14.7 Å². The molecule has 2 aromatic rings. The Morgan fingerprint density at radius 2 is 2.00 bits per heavy atom. The third kappa shape index (κ3) is 4.86. The zero-order chi connectivity index (χ0) is 20.3. The van der Waals surface area contributed by atoms with Crippen LogP contribution in [0.5, 0.6) is 5.75 Å². The Morgan fingerprint density at radius 3 is 2.71 bits per heavy atom. The van der Waals surface area contributed by atoms with E-state index in [1.165, 1.54) is 6.07 Å². The van der Waals surface area contributed by atoms with Gasteiger partial charge in [-0.1, -0.05) is 18.2 Å². The SMILES string of the molecule is CN(c1cc(C(F)(F)F)ncn1)C1CCN(Cc2ccccc2OC(F)F)C1. The molecule has 3 rings (SSSR count). The van der Waals surface area contributed by atoms with Gasteiger partial charge in [0.2, 0.25) is 0 Å². The molecule has 10 heteroatoms. The fourth-order valence-corrected chi connectivity index (χ4v) is 3.24. The Hall–Kier alpha value is -2.49. The van der Waals surface area contributed by atoms with Crippen LogP contribution in [0.1, 0.15) is 17.7 Å². The van der Waals surface area contributed by atoms with Gasteiger partial charge in [0.1, 0.15) is 23.6 Å². The van der Waals surface area contributed by atoms with E-state index < -0.39 is 18.5 Å². The van der Waals surface area contributed by atoms with E-state index in [0.717, 1.165) is 12.4 Å². The number of likely N-dealkylation sites (tertiary alicyclic amines) is 1. The number of hydrogen-bond acceptors (Lipinski definition) is 5. The van der Waals surface area contributed by atoms with Crippen molar-refractivity contribution in [1.29, 1.82) is 0 Å². The second-order valence-corrected chi connectivity index (χ2v) is 6.53. The fraction of sp³-hybridized carbons (Fsp3) is 0.444. The minimum Gasteiger partial charge on any atom is -0.434 e. The number of hydrogen-bond donors (Lipinski definition) is 0. The van der Waals surface area contributed by atoms with E-state index in [4.69, 9.17) is 0 Å². The average Bonchev–Trinajstić information content (AvgIpc) is 3.10. The van der Waals surface area contributed by atoms with Gasteiger partial charge in [0.15, 0.2) is 0 Å². The van der Waals surface area contributed by atoms with Crippen LogP contribution in [0.4, 0.5) is 27.8 Å². The third-order valence-electron chi connectivity index (χ3n) is 4.68. The minimum atomic E-state index is -4.53. The molecule has 1 unspecified atom stereocenters. The molecular weight excluding hydrogens is 383 g/mol. The first-order chi connectivity index (χ1) is 13.2. The molecule has 0 bridgehead atoms. The first-order valence-electron chi connectivity index (χ1n) is 8.61. The van der Waals surface area contributed by atoms with Gasteiger partial charge < -0.3 is 9.64 Å². The van der Waals surface area contributed by atoms with E-state index in [-0.39, 0.29) is 17.6 Å². The Kier molecular flexibility index (Phi) is 5.97. The molecule has 1 atom stereocenters. The van der Waals surface area contributed by atoms with Crippen LogP contribution in [-0.4, -0.2) is 47.7 Å². The largest absolute Gasteiger partial charge is 0.434 e. The molecule has 2 heterocycles. The maximum absolute atomic E-state index is 12.9. The lowest BCUT2D eigenvalue weighted by Crippen LogP contribution is -2.35. The van der Waals surface area contributed by atoms with Crippen molar-refractivity contribution in [3.05, 3.63) is 47.9 Å². The van der Waals surface area contributed by atoms with E-state index >= 15 is 0 Å². The number of alkyl halides is 5. The molecule has 0 N–H and O–H groups in total. The standard InChI is InChI=1S/C18H19F5N4O/c1-26(16-8-15(18(21,22)23)24-11-25-16)13-6-7-27(10-13)9-12-4-2-3-5-14(12)28-17(19)20/h2-5,8,11,13,17H,6-7,9-10H2,1H3. The van der Waals surface area contributed by atoms with E-state index in [0.29, 0.717) is 31.6 Å². The summed E-state index contributed by atoms with van der Waals surface area (Å²) in [4.78, 5) is 11.0. The molecule has 0 saturated carbocycles. The molecule has 0 aliphatic carbocycles. The molecule has 28 heavy (non-hydrogen) atoms. The van der Waals surface area contributed by atoms with Gasteiger partial charge in [-0.25, -0.2) is 9.97 Å². The number of anilines is 1. The van der Waals surface area contributed by atoms with Crippen LogP contribution in [0.3, 0.4) is 0 Å². The van der Waals surface area contributed by atoms with Gasteiger partial charge in [-0.3, -0.25) is 4.90 Å². The molecule has 1 saturated heterocycles. The lowest BCUT2D eigenvalue weighted by molar-refractivity contribution is -0.141. The molecular formula is C18H19F5N4O. The zero-order valence-corrected chi connectivity index (χ0v) is 15.0. The third-order valence-corrected chi connectivity index (χ3v) is 4.68. The highest BCUT2D eigenvalue weighted by Crippen LogP contribution is 2.30. The number of benzene rings is 1. The molecule has 1 fully saturated rings. The maximum atomic E-state index is 12.9. The van der Waals surface area contributed by atoms with Crippen LogP contribution in [-0.2, 0) is 12.7 Å². The van der Waals surface area contributed by atoms with Crippen molar-refractivity contribution in [2.24, 2.45) is 0 Å². The van der Waals surface area contributed by atoms with Gasteiger partial charge in [0.25, 0.3) is 0 Å². The molecule has 1 aromatic carbocycles. The Morgan fingerprint density at radius 1 is 1.25 bits per heavy atom. The topological polar surface area (TPSA) is 41.5 Å². The summed E-state index contributed by atoms with van der Waals surface area (Å²) in [6.07, 6.45) is -2.92. The summed E-state index contributed by atoms with van der Waals surface area (Å²) in [7, 11) is 1.69. The van der Waals surface area contributed by atoms with Gasteiger partial charge >= 0.3 is 12.8 Å². The Bertz CT molecular complexity index is 802. The van der Waals surface area contributed by atoms with Crippen LogP contribution < -0.4 is 9.64 Å². The smallest absolute Gasteiger partial charge is 0.433 e. The van der Waals surface area contributed by atoms with Gasteiger partial charge in [0, 0.05) is 44.4 Å². The summed E-state index contributed by atoms with van der Waals surface area (Å²) < 4.78 is 68.2. The van der Waals surface area contributed by atoms with Crippen molar-refractivity contribution in [2.45, 2.75) is 31.8 Å². The van der Waals surface area contributed by atoms with Crippen molar-refractivity contribution >= 4 is 5.82 Å². The summed E-state index contributed by atoms with van der Waals surface area (Å²) in [6.45, 7) is -1.26. The van der Waals surface area contributed by atoms with E-state index in [1.807, 2.05) is 4.90 Å². The molecule has 1 aliphatic heterocycles. The van der Waals surface area contributed by atoms with Crippen molar-refractivity contribution in [3.8, 4) is 5.75 Å². The van der Waals surface area contributed by atoms with Crippen LogP contribution >= 0.6 is 0 Å². The Labute approximate surface area is 158 Å². The van der Waals surface area contributed by atoms with Gasteiger partial charge in [-0.15, -0.1) is 0 Å². The van der Waals surface area contributed by atoms with Crippen molar-refractivity contribution < 1.29 is 26.7 Å². The van der Waals surface area contributed by atoms with Gasteiger partial charge in [-0.05, 0) is 12.5 Å². The predicted molar refractivity (Wildman–Crippen MR) is 92.2 cm³/mol. The first kappa shape index (κ1) is 20.2. The Balaban J connectivity index is 1.66. The minimum absolute atomic E-state index is 0.0563. The summed E-state index contributed by atoms with van der Waals surface area (Å²) in [6, 6.07) is 7.44. The number of likely N-dealkylation sites (N-methyl/N-ethyl adjacent to an activating group) is 1. The van der Waals surface area contributed by atoms with Crippen LogP contribution in [0, 0.1) is 0 Å². The number of rotatable bonds is 6. The maximum Gasteiger partial charge on any atom is 0.433 e. The monoisotopic (exact) mass is 402 g/mol. The highest BCUT2D eigenvalue weighted by atomic mass is 19.4. The summed E-state index contributed by atoms with van der Waals surface area (Å²) in [5, 5.41) is 0. The van der Waals surface area contributed by atoms with Crippen LogP contribution in [0.25, 0.3) is 0 Å². The first-order valence-corrected chi connectivity index (χ1v) is 8.61. The molecule has 1 aromatic heterocycles. The van der Waals surface area contributed by atoms with Crippen molar-refractivity contribution in [3.63, 3.8) is 0 Å². The molecule has 5 nitrogen and oxygen atoms in total. The second kappa shape index (κ2) is 8.26. The lowest BCUT2D eigenvalue weighted by atomic mass is 10.2. The molecule has 0 amide bonds. The molecule has 152 valence electrons. The van der Waals surface area contributed by atoms with Crippen molar-refractivity contribution in [1.82, 2.24) is 14.9 Å². The van der Waals surface area contributed by atoms with Gasteiger partial charge in [-0.2, -0.15) is 22.0 Å². The molecule has 0 spiro atoms. The molecule has 0 radical (unpaired) electrons. The van der Waals surface area contributed by atoms with E-state index in [9.17, 15) is 22.0 Å². The van der Waals surface area contributed by atoms with Crippen LogP contribution in [0.15, 0.2) is 36.7 Å². The number of aromatic nitrogens is 2. The quantitative estimate of drug-likeness (QED) is 0.688. The number of para-hydroxylation sites is 1. The molecule has 1 aliphatic rings. The number of nitrogens with zero attached hydrogens (tertiary/aromatic N) is 4. The predicted octanol–water partition coefficient (Wildman–Crippen LogP) is 3.81. The van der Waals surface area contributed by atoms with Gasteiger partial charge in [0.05, 0.1) is 0 Å². The summed E-state index contributed by atoms with van der Waals surface area (Å²) in [5.41, 5.74) is -0.357. The number of halogens is 5. The van der Waals surface area contributed by atoms with Crippen molar-refractivity contribution in [2.75, 3.05) is 25.0 Å². The fourth-order valence-electron chi connectivity index (χ4n) is 3.24. The zero-order valence-electron chi connectivity index (χ0n) is 15.0. The van der Waals surface area contributed by atoms with E-state index in [1.54, 1.807) is 30.1 Å². The summed E-state index contributed by atoms with van der Waals surface area (Å²) >= 11 is 0. The number of ether oxygens (including phenoxy) is 1. The average molecular weight is 402 g/mol. The highest BCUT2D eigenvalue weighted by molar-refractivity contribution is 5.40. The second-order valence-electron chi connectivity index (χ2n) is 6.53. The lowest BCUT2D eigenvalue weighted by Gasteiger charge is -2.26. The van der Waals surface area contributed by atoms with Crippen LogP contribution in [0.2, 0.25) is 0 Å². The normalized spacial score (nSPS) is 17.9. The summed E-state index contributed by atoms with van der Waals surface area (Å²) in [5.74, 6) is 0.315.